The first-order chi connectivity index (χ1) is 26.2. The van der Waals surface area contributed by atoms with Crippen LogP contribution in [0.3, 0.4) is 0 Å². The van der Waals surface area contributed by atoms with E-state index in [1.807, 2.05) is 60.7 Å². The number of hydrogen-bond acceptors (Lipinski definition) is 7. The molecule has 1 saturated heterocycles. The summed E-state index contributed by atoms with van der Waals surface area (Å²) in [6, 6.07) is 21.2. The Morgan fingerprint density at radius 3 is 2.22 bits per heavy atom. The highest BCUT2D eigenvalue weighted by molar-refractivity contribution is 7.87. The van der Waals surface area contributed by atoms with Gasteiger partial charge in [-0.05, 0) is 71.9 Å². The third-order valence-electron chi connectivity index (χ3n) is 10.9. The molecule has 0 radical (unpaired) electrons. The highest BCUT2D eigenvalue weighted by Gasteiger charge is 2.34. The van der Waals surface area contributed by atoms with Crippen LogP contribution in [0.1, 0.15) is 65.1 Å². The molecule has 0 spiro atoms. The number of aromatic nitrogens is 1. The lowest BCUT2D eigenvalue weighted by atomic mass is 9.81. The van der Waals surface area contributed by atoms with E-state index in [0.717, 1.165) is 75.3 Å². The predicted octanol–water partition coefficient (Wildman–Crippen LogP) is 4.82. The van der Waals surface area contributed by atoms with Crippen LogP contribution in [0.15, 0.2) is 72.3 Å². The first-order valence-electron chi connectivity index (χ1n) is 18.6. The number of carbonyl (C=O) groups is 2. The topological polar surface area (TPSA) is 142 Å². The average Bonchev–Trinajstić information content (AvgIpc) is 3.39. The maximum absolute atomic E-state index is 14.6. The van der Waals surface area contributed by atoms with Crippen LogP contribution in [-0.2, 0) is 38.4 Å². The first-order valence-corrected chi connectivity index (χ1v) is 21.5. The fourth-order valence-electron chi connectivity index (χ4n) is 7.84. The minimum atomic E-state index is -4.04. The van der Waals surface area contributed by atoms with Crippen LogP contribution in [0.2, 0.25) is 0 Å². The average molecular weight is 789 g/mol. The largest absolute Gasteiger partial charge is 0.489 e. The van der Waals surface area contributed by atoms with E-state index in [1.54, 1.807) is 17.0 Å². The van der Waals surface area contributed by atoms with Crippen molar-refractivity contribution in [2.45, 2.75) is 51.2 Å². The Bertz CT molecular complexity index is 2360. The maximum Gasteiger partial charge on any atom is 0.303 e. The summed E-state index contributed by atoms with van der Waals surface area (Å²) in [6.07, 6.45) is 7.27. The third kappa shape index (κ3) is 7.81. The van der Waals surface area contributed by atoms with Crippen molar-refractivity contribution < 1.29 is 31.2 Å². The molecule has 2 aliphatic heterocycles. The molecular weight excluding hydrogens is 741 g/mol. The van der Waals surface area contributed by atoms with Crippen molar-refractivity contribution in [2.24, 2.45) is 0 Å². The molecule has 3 aromatic carbocycles. The van der Waals surface area contributed by atoms with Gasteiger partial charge in [-0.3, -0.25) is 9.59 Å². The summed E-state index contributed by atoms with van der Waals surface area (Å²) in [5.74, 6) is -0.0644. The Morgan fingerprint density at radius 1 is 0.836 bits per heavy atom. The molecule has 55 heavy (non-hydrogen) atoms. The highest BCUT2D eigenvalue weighted by Crippen LogP contribution is 2.47. The monoisotopic (exact) mass is 788 g/mol. The number of ether oxygens (including phenoxy) is 1. The minimum Gasteiger partial charge on any atom is -0.489 e. The summed E-state index contributed by atoms with van der Waals surface area (Å²) in [4.78, 5) is 29.7. The molecule has 2 amide bonds. The van der Waals surface area contributed by atoms with Gasteiger partial charge in [0.15, 0.2) is 0 Å². The molecule has 3 aliphatic rings. The molecule has 3 heterocycles. The van der Waals surface area contributed by atoms with E-state index >= 15 is 0 Å². The van der Waals surface area contributed by atoms with Crippen molar-refractivity contribution in [3.8, 4) is 17.0 Å². The molecule has 4 aromatic rings. The van der Waals surface area contributed by atoms with Crippen molar-refractivity contribution in [1.29, 1.82) is 0 Å². The lowest BCUT2D eigenvalue weighted by molar-refractivity contribution is -0.128. The zero-order valence-corrected chi connectivity index (χ0v) is 33.3. The number of nitrogens with zero attached hydrogens (tertiary/aromatic N) is 5. The van der Waals surface area contributed by atoms with Crippen molar-refractivity contribution in [2.75, 3.05) is 54.4 Å². The fourth-order valence-corrected chi connectivity index (χ4v) is 9.46. The zero-order valence-electron chi connectivity index (χ0n) is 31.7. The van der Waals surface area contributed by atoms with Gasteiger partial charge in [-0.15, -0.1) is 0 Å². The summed E-state index contributed by atoms with van der Waals surface area (Å²) in [5, 5.41) is 0.959. The SMILES string of the molecule is CN(C)S(=O)(=O)NC(=O)c1ccc2c(C3CCCCC3)c3n(c2c1)CC(C(=O)N1CCN(S(=O)(=O)N(C)C)CC1)=Cc1cc(OCc2ccccc2)ccc1-3. The maximum atomic E-state index is 14.6. The van der Waals surface area contributed by atoms with E-state index in [2.05, 4.69) is 9.29 Å². The van der Waals surface area contributed by atoms with Crippen molar-refractivity contribution in [1.82, 2.24) is 27.1 Å². The van der Waals surface area contributed by atoms with Gasteiger partial charge in [0, 0.05) is 82.0 Å². The van der Waals surface area contributed by atoms with E-state index in [-0.39, 0.29) is 50.1 Å². The summed E-state index contributed by atoms with van der Waals surface area (Å²) in [5.41, 5.74) is 6.29. The second-order valence-corrected chi connectivity index (χ2v) is 18.8. The smallest absolute Gasteiger partial charge is 0.303 e. The number of fused-ring (bicyclic) bond motifs is 5. The molecule has 1 aromatic heterocycles. The molecule has 1 aliphatic carbocycles. The van der Waals surface area contributed by atoms with E-state index < -0.39 is 26.3 Å². The summed E-state index contributed by atoms with van der Waals surface area (Å²) >= 11 is 0. The standard InChI is InChI=1S/C40H48N6O7S2/c1-42(2)54(49,50)41-39(47)30-15-17-35-36(25-30)46-26-32(40(48)44-19-21-45(22-20-44)55(51,52)43(3)4)23-31-24-33(53-27-28-11-7-5-8-12-28)16-18-34(31)38(46)37(35)29-13-9-6-10-14-29/h5,7-8,11-12,15-18,23-25,29H,6,9-10,13-14,19-22,26-27H2,1-4H3,(H,41,47). The van der Waals surface area contributed by atoms with Crippen LogP contribution in [0, 0.1) is 0 Å². The van der Waals surface area contributed by atoms with Crippen LogP contribution in [0.25, 0.3) is 28.2 Å². The lowest BCUT2D eigenvalue weighted by Gasteiger charge is -2.35. The van der Waals surface area contributed by atoms with E-state index in [1.165, 1.54) is 36.8 Å². The zero-order chi connectivity index (χ0) is 39.1. The van der Waals surface area contributed by atoms with Gasteiger partial charge in [0.25, 0.3) is 22.0 Å². The van der Waals surface area contributed by atoms with Crippen LogP contribution in [0.4, 0.5) is 0 Å². The molecule has 0 atom stereocenters. The van der Waals surface area contributed by atoms with Crippen LogP contribution in [0.5, 0.6) is 5.75 Å². The number of amides is 2. The van der Waals surface area contributed by atoms with Crippen LogP contribution >= 0.6 is 0 Å². The van der Waals surface area contributed by atoms with Gasteiger partial charge in [-0.2, -0.15) is 29.8 Å². The van der Waals surface area contributed by atoms with Crippen molar-refractivity contribution in [3.63, 3.8) is 0 Å². The molecule has 13 nitrogen and oxygen atoms in total. The number of hydrogen-bond donors (Lipinski definition) is 1. The summed E-state index contributed by atoms with van der Waals surface area (Å²) in [6.45, 7) is 1.36. The van der Waals surface area contributed by atoms with E-state index in [0.29, 0.717) is 17.9 Å². The quantitative estimate of drug-likeness (QED) is 0.243. The molecular formula is C40H48N6O7S2. The fraction of sp³-hybridized carbons (Fsp3) is 0.400. The molecule has 292 valence electrons. The molecule has 0 unspecified atom stereocenters. The highest BCUT2D eigenvalue weighted by atomic mass is 32.2. The van der Waals surface area contributed by atoms with Crippen molar-refractivity contribution in [3.05, 3.63) is 94.6 Å². The second kappa shape index (κ2) is 15.5. The van der Waals surface area contributed by atoms with Gasteiger partial charge in [0.2, 0.25) is 0 Å². The number of nitrogens with one attached hydrogen (secondary N) is 1. The molecule has 15 heteroatoms. The molecule has 0 bridgehead atoms. The molecule has 1 N–H and O–H groups in total. The Kier molecular flexibility index (Phi) is 10.9. The van der Waals surface area contributed by atoms with Gasteiger partial charge in [-0.25, -0.2) is 4.72 Å². The summed E-state index contributed by atoms with van der Waals surface area (Å²) < 4.78 is 65.0. The van der Waals surface area contributed by atoms with Crippen LogP contribution in [-0.4, -0.2) is 105 Å². The Balaban J connectivity index is 1.35. The second-order valence-electron chi connectivity index (χ2n) is 14.8. The van der Waals surface area contributed by atoms with Gasteiger partial charge in [0.05, 0.1) is 12.2 Å². The van der Waals surface area contributed by atoms with Crippen LogP contribution < -0.4 is 9.46 Å². The Morgan fingerprint density at radius 2 is 1.55 bits per heavy atom. The van der Waals surface area contributed by atoms with Gasteiger partial charge in [0.1, 0.15) is 12.4 Å². The van der Waals surface area contributed by atoms with E-state index in [4.69, 9.17) is 4.74 Å². The van der Waals surface area contributed by atoms with Crippen molar-refractivity contribution >= 4 is 49.2 Å². The van der Waals surface area contributed by atoms with E-state index in [9.17, 15) is 26.4 Å². The number of piperazine rings is 1. The molecule has 7 rings (SSSR count). The number of carbonyl (C=O) groups excluding carboxylic acids is 2. The molecule has 2 fully saturated rings. The predicted molar refractivity (Wildman–Crippen MR) is 213 cm³/mol. The third-order valence-corrected chi connectivity index (χ3v) is 14.2. The number of benzene rings is 3. The summed E-state index contributed by atoms with van der Waals surface area (Å²) in [7, 11) is -1.97. The van der Waals surface area contributed by atoms with Gasteiger partial charge >= 0.3 is 10.2 Å². The van der Waals surface area contributed by atoms with Gasteiger partial charge < -0.3 is 14.2 Å². The Labute approximate surface area is 323 Å². The lowest BCUT2D eigenvalue weighted by Crippen LogP contribution is -2.53. The molecule has 1 saturated carbocycles. The normalized spacial score (nSPS) is 17.1. The minimum absolute atomic E-state index is 0.172. The van der Waals surface area contributed by atoms with Gasteiger partial charge in [-0.1, -0.05) is 55.7 Å². The Hall–Kier alpha value is -4.54. The first kappa shape index (κ1) is 38.7. The number of rotatable bonds is 10.